The average molecular weight is 427 g/mol. The van der Waals surface area contributed by atoms with E-state index in [2.05, 4.69) is 21.2 Å². The number of rotatable bonds is 6. The summed E-state index contributed by atoms with van der Waals surface area (Å²) >= 11 is 3.32. The van der Waals surface area contributed by atoms with E-state index in [1.54, 1.807) is 55.5 Å². The zero-order valence-corrected chi connectivity index (χ0v) is 16.5. The van der Waals surface area contributed by atoms with Crippen molar-refractivity contribution < 1.29 is 17.9 Å². The first-order valence-electron chi connectivity index (χ1n) is 7.42. The predicted octanol–water partition coefficient (Wildman–Crippen LogP) is 3.25. The molecule has 0 unspecified atom stereocenters. The highest BCUT2D eigenvalue weighted by molar-refractivity contribution is 9.10. The van der Waals surface area contributed by atoms with Crippen LogP contribution < -0.4 is 14.4 Å². The highest BCUT2D eigenvalue weighted by atomic mass is 79.9. The van der Waals surface area contributed by atoms with E-state index in [9.17, 15) is 13.2 Å². The molecule has 1 N–H and O–H groups in total. The van der Waals surface area contributed by atoms with E-state index in [-0.39, 0.29) is 0 Å². The lowest BCUT2D eigenvalue weighted by molar-refractivity contribution is -0.116. The highest BCUT2D eigenvalue weighted by Gasteiger charge is 2.29. The lowest BCUT2D eigenvalue weighted by Gasteiger charge is -2.28. The minimum absolute atomic E-state index is 0.391. The van der Waals surface area contributed by atoms with Crippen LogP contribution in [0.25, 0.3) is 0 Å². The van der Waals surface area contributed by atoms with Gasteiger partial charge in [-0.15, -0.1) is 0 Å². The zero-order valence-electron chi connectivity index (χ0n) is 14.1. The van der Waals surface area contributed by atoms with Crippen LogP contribution >= 0.6 is 15.9 Å². The molecule has 1 atom stereocenters. The summed E-state index contributed by atoms with van der Waals surface area (Å²) in [6, 6.07) is 12.6. The van der Waals surface area contributed by atoms with Crippen LogP contribution in [0.15, 0.2) is 53.0 Å². The van der Waals surface area contributed by atoms with Crippen molar-refractivity contribution in [2.24, 2.45) is 0 Å². The second-order valence-corrected chi connectivity index (χ2v) is 8.20. The van der Waals surface area contributed by atoms with Crippen molar-refractivity contribution in [3.8, 4) is 5.75 Å². The number of sulfonamides is 1. The number of ether oxygens (including phenoxy) is 1. The summed E-state index contributed by atoms with van der Waals surface area (Å²) in [5.74, 6) is 0.174. The van der Waals surface area contributed by atoms with Gasteiger partial charge in [0.25, 0.3) is 0 Å². The van der Waals surface area contributed by atoms with Gasteiger partial charge in [-0.3, -0.25) is 9.10 Å². The molecule has 134 valence electrons. The van der Waals surface area contributed by atoms with Gasteiger partial charge in [-0.2, -0.15) is 0 Å². The van der Waals surface area contributed by atoms with Gasteiger partial charge in [-0.05, 0) is 55.5 Å². The number of carbonyl (C=O) groups excluding carboxylic acids is 1. The first-order valence-corrected chi connectivity index (χ1v) is 10.1. The number of methoxy groups -OCH3 is 1. The molecule has 8 heteroatoms. The van der Waals surface area contributed by atoms with Gasteiger partial charge in [0.2, 0.25) is 15.9 Å². The van der Waals surface area contributed by atoms with E-state index in [4.69, 9.17) is 4.74 Å². The summed E-state index contributed by atoms with van der Waals surface area (Å²) in [4.78, 5) is 12.5. The van der Waals surface area contributed by atoms with Crippen molar-refractivity contribution in [3.05, 3.63) is 53.0 Å². The molecule has 6 nitrogen and oxygen atoms in total. The van der Waals surface area contributed by atoms with Gasteiger partial charge >= 0.3 is 0 Å². The summed E-state index contributed by atoms with van der Waals surface area (Å²) < 4.78 is 31.5. The number of anilines is 2. The van der Waals surface area contributed by atoms with E-state index < -0.39 is 22.0 Å². The Kier molecular flexibility index (Phi) is 6.07. The van der Waals surface area contributed by atoms with Crippen molar-refractivity contribution in [3.63, 3.8) is 0 Å². The Balaban J connectivity index is 2.27. The van der Waals surface area contributed by atoms with E-state index in [1.807, 2.05) is 0 Å². The normalized spacial score (nSPS) is 12.3. The Morgan fingerprint density at radius 2 is 1.68 bits per heavy atom. The maximum absolute atomic E-state index is 12.5. The number of amides is 1. The van der Waals surface area contributed by atoms with Gasteiger partial charge in [0.15, 0.2) is 0 Å². The molecule has 0 aliphatic carbocycles. The molecule has 2 aromatic rings. The number of nitrogens with one attached hydrogen (secondary N) is 1. The number of carbonyl (C=O) groups is 1. The third-order valence-corrected chi connectivity index (χ3v) is 5.30. The predicted molar refractivity (Wildman–Crippen MR) is 103 cm³/mol. The number of hydrogen-bond donors (Lipinski definition) is 1. The Hall–Kier alpha value is -2.06. The minimum Gasteiger partial charge on any atom is -0.497 e. The van der Waals surface area contributed by atoms with E-state index in [0.29, 0.717) is 17.1 Å². The fourth-order valence-electron chi connectivity index (χ4n) is 2.32. The van der Waals surface area contributed by atoms with Crippen LogP contribution in [0.3, 0.4) is 0 Å². The smallest absolute Gasteiger partial charge is 0.247 e. The molecule has 0 fully saturated rings. The quantitative estimate of drug-likeness (QED) is 0.768. The molecule has 0 saturated heterocycles. The second kappa shape index (κ2) is 7.88. The minimum atomic E-state index is -3.66. The van der Waals surface area contributed by atoms with Crippen molar-refractivity contribution in [1.29, 1.82) is 0 Å². The van der Waals surface area contributed by atoms with Gasteiger partial charge < -0.3 is 10.1 Å². The number of halogens is 1. The molecule has 0 saturated carbocycles. The van der Waals surface area contributed by atoms with Crippen LogP contribution in [-0.2, 0) is 14.8 Å². The Morgan fingerprint density at radius 3 is 2.16 bits per heavy atom. The summed E-state index contributed by atoms with van der Waals surface area (Å²) in [5.41, 5.74) is 0.977. The van der Waals surface area contributed by atoms with Gasteiger partial charge in [-0.1, -0.05) is 15.9 Å². The van der Waals surface area contributed by atoms with Gasteiger partial charge in [0.1, 0.15) is 11.8 Å². The van der Waals surface area contributed by atoms with Crippen LogP contribution in [0.2, 0.25) is 0 Å². The van der Waals surface area contributed by atoms with Gasteiger partial charge in [0.05, 0.1) is 19.1 Å². The molecule has 0 aromatic heterocycles. The molecule has 1 amide bonds. The molecule has 0 aliphatic rings. The van der Waals surface area contributed by atoms with E-state index in [0.717, 1.165) is 15.0 Å². The SMILES string of the molecule is COc1ccc(N([C@@H](C)C(=O)Nc2ccc(Br)cc2)S(C)(=O)=O)cc1. The van der Waals surface area contributed by atoms with Crippen LogP contribution in [-0.4, -0.2) is 33.7 Å². The molecular formula is C17H19BrN2O4S. The Bertz CT molecular complexity index is 836. The van der Waals surface area contributed by atoms with Crippen LogP contribution in [0.1, 0.15) is 6.92 Å². The van der Waals surface area contributed by atoms with E-state index in [1.165, 1.54) is 7.11 Å². The monoisotopic (exact) mass is 426 g/mol. The molecule has 0 aliphatic heterocycles. The van der Waals surface area contributed by atoms with Crippen LogP contribution in [0.4, 0.5) is 11.4 Å². The van der Waals surface area contributed by atoms with Crippen molar-refractivity contribution >= 4 is 43.2 Å². The number of hydrogen-bond acceptors (Lipinski definition) is 4. The van der Waals surface area contributed by atoms with Crippen molar-refractivity contribution in [2.75, 3.05) is 23.0 Å². The van der Waals surface area contributed by atoms with Crippen LogP contribution in [0.5, 0.6) is 5.75 Å². The number of nitrogens with zero attached hydrogens (tertiary/aromatic N) is 1. The zero-order chi connectivity index (χ0) is 18.6. The van der Waals surface area contributed by atoms with Crippen molar-refractivity contribution in [1.82, 2.24) is 0 Å². The lowest BCUT2D eigenvalue weighted by atomic mass is 10.2. The fraction of sp³-hybridized carbons (Fsp3) is 0.235. The van der Waals surface area contributed by atoms with Crippen molar-refractivity contribution in [2.45, 2.75) is 13.0 Å². The third-order valence-electron chi connectivity index (χ3n) is 3.53. The average Bonchev–Trinajstić information content (AvgIpc) is 2.56. The van der Waals surface area contributed by atoms with E-state index >= 15 is 0 Å². The third kappa shape index (κ3) is 4.96. The molecule has 0 bridgehead atoms. The Labute approximate surface area is 156 Å². The summed E-state index contributed by atoms with van der Waals surface area (Å²) in [5, 5.41) is 2.72. The first-order chi connectivity index (χ1) is 11.7. The maximum atomic E-state index is 12.5. The maximum Gasteiger partial charge on any atom is 0.247 e. The molecule has 2 rings (SSSR count). The lowest BCUT2D eigenvalue weighted by Crippen LogP contribution is -2.45. The fourth-order valence-corrected chi connectivity index (χ4v) is 3.76. The summed E-state index contributed by atoms with van der Waals surface area (Å²) in [7, 11) is -2.13. The molecule has 0 spiro atoms. The molecular weight excluding hydrogens is 408 g/mol. The Morgan fingerprint density at radius 1 is 1.12 bits per heavy atom. The second-order valence-electron chi connectivity index (χ2n) is 5.43. The number of benzene rings is 2. The first kappa shape index (κ1) is 19.3. The standard InChI is InChI=1S/C17H19BrN2O4S/c1-12(17(21)19-14-6-4-13(18)5-7-14)20(25(3,22)23)15-8-10-16(24-2)11-9-15/h4-12H,1-3H3,(H,19,21)/t12-/m0/s1. The summed E-state index contributed by atoms with van der Waals surface area (Å²) in [6.07, 6.45) is 1.07. The molecule has 0 heterocycles. The van der Waals surface area contributed by atoms with Gasteiger partial charge in [-0.25, -0.2) is 8.42 Å². The molecule has 0 radical (unpaired) electrons. The highest BCUT2D eigenvalue weighted by Crippen LogP contribution is 2.24. The topological polar surface area (TPSA) is 75.7 Å². The molecule has 25 heavy (non-hydrogen) atoms. The van der Waals surface area contributed by atoms with Crippen LogP contribution in [0, 0.1) is 0 Å². The summed E-state index contributed by atoms with van der Waals surface area (Å²) in [6.45, 7) is 1.54. The largest absolute Gasteiger partial charge is 0.497 e. The van der Waals surface area contributed by atoms with Gasteiger partial charge in [0, 0.05) is 10.2 Å². The molecule has 2 aromatic carbocycles.